The smallest absolute Gasteiger partial charge is 0.181 e. The van der Waals surface area contributed by atoms with E-state index in [-0.39, 0.29) is 11.8 Å². The van der Waals surface area contributed by atoms with Crippen LogP contribution < -0.4 is 5.32 Å². The number of hydrogen-bond acceptors (Lipinski definition) is 2. The third-order valence-corrected chi connectivity index (χ3v) is 5.42. The lowest BCUT2D eigenvalue weighted by Gasteiger charge is -2.36. The second kappa shape index (κ2) is 6.25. The lowest BCUT2D eigenvalue weighted by Crippen LogP contribution is -2.47. The summed E-state index contributed by atoms with van der Waals surface area (Å²) in [6, 6.07) is 8.30. The molecule has 0 spiro atoms. The molecule has 2 aromatic rings. The molecule has 1 aromatic carbocycles. The molecule has 0 radical (unpaired) electrons. The highest BCUT2D eigenvalue weighted by atomic mass is 16.1. The molecular weight excluding hydrogens is 272 g/mol. The van der Waals surface area contributed by atoms with Crippen LogP contribution in [0.2, 0.25) is 0 Å². The maximum Gasteiger partial charge on any atom is 0.181 e. The Kier molecular flexibility index (Phi) is 4.34. The summed E-state index contributed by atoms with van der Waals surface area (Å²) >= 11 is 0. The van der Waals surface area contributed by atoms with Gasteiger partial charge in [-0.15, -0.1) is 0 Å². The second-order valence-electron chi connectivity index (χ2n) is 6.87. The van der Waals surface area contributed by atoms with Crippen molar-refractivity contribution >= 4 is 16.7 Å². The van der Waals surface area contributed by atoms with E-state index in [1.54, 1.807) is 0 Å². The molecule has 0 bridgehead atoms. The van der Waals surface area contributed by atoms with E-state index in [1.165, 1.54) is 19.3 Å². The number of Topliss-reactive ketones (excluding diaryl/α,β-unsaturated/α-hetero) is 1. The van der Waals surface area contributed by atoms with E-state index in [4.69, 9.17) is 0 Å². The fourth-order valence-corrected chi connectivity index (χ4v) is 3.72. The van der Waals surface area contributed by atoms with E-state index in [2.05, 4.69) is 24.1 Å². The van der Waals surface area contributed by atoms with Gasteiger partial charge in [-0.25, -0.2) is 0 Å². The molecule has 1 fully saturated rings. The van der Waals surface area contributed by atoms with Crippen LogP contribution >= 0.6 is 0 Å². The van der Waals surface area contributed by atoms with Gasteiger partial charge in [0.1, 0.15) is 0 Å². The van der Waals surface area contributed by atoms with Crippen LogP contribution in [0.4, 0.5) is 0 Å². The topological polar surface area (TPSA) is 44.9 Å². The van der Waals surface area contributed by atoms with Gasteiger partial charge in [-0.3, -0.25) is 4.79 Å². The summed E-state index contributed by atoms with van der Waals surface area (Å²) in [7, 11) is 0. The molecule has 4 atom stereocenters. The zero-order valence-corrected chi connectivity index (χ0v) is 13.7. The van der Waals surface area contributed by atoms with Crippen molar-refractivity contribution in [1.82, 2.24) is 10.3 Å². The lowest BCUT2D eigenvalue weighted by molar-refractivity contribution is 0.0924. The van der Waals surface area contributed by atoms with Crippen molar-refractivity contribution in [3.05, 3.63) is 36.0 Å². The van der Waals surface area contributed by atoms with Crippen LogP contribution in [0.3, 0.4) is 0 Å². The minimum Gasteiger partial charge on any atom is -0.360 e. The lowest BCUT2D eigenvalue weighted by atomic mass is 9.77. The fraction of sp³-hybridized carbons (Fsp3) is 0.526. The molecular formula is C19H26N2O. The fourth-order valence-electron chi connectivity index (χ4n) is 3.72. The zero-order valence-electron chi connectivity index (χ0n) is 13.7. The summed E-state index contributed by atoms with van der Waals surface area (Å²) in [6.07, 6.45) is 5.59. The van der Waals surface area contributed by atoms with Crippen LogP contribution in [-0.4, -0.2) is 22.9 Å². The Bertz CT molecular complexity index is 660. The van der Waals surface area contributed by atoms with Gasteiger partial charge < -0.3 is 10.3 Å². The second-order valence-corrected chi connectivity index (χ2v) is 6.87. The number of carbonyl (C=O) groups excluding carboxylic acids is 1. The van der Waals surface area contributed by atoms with Crippen molar-refractivity contribution in [3.8, 4) is 0 Å². The van der Waals surface area contributed by atoms with Crippen LogP contribution in [0.5, 0.6) is 0 Å². The Morgan fingerprint density at radius 2 is 2.05 bits per heavy atom. The maximum atomic E-state index is 12.8. The highest BCUT2D eigenvalue weighted by Gasteiger charge is 2.29. The standard InChI is InChI=1S/C19H26N2O/c1-12-7-6-10-17(13(12)2)21-14(3)19(22)16-11-20-18-9-5-4-8-15(16)18/h4-5,8-9,11-14,17,20-21H,6-7,10H2,1-3H3/t12-,13-,14+,17+/m1/s1. The average Bonchev–Trinajstić information content (AvgIpc) is 2.95. The van der Waals surface area contributed by atoms with Gasteiger partial charge >= 0.3 is 0 Å². The monoisotopic (exact) mass is 298 g/mol. The van der Waals surface area contributed by atoms with E-state index >= 15 is 0 Å². The van der Waals surface area contributed by atoms with Gasteiger partial charge in [0.15, 0.2) is 5.78 Å². The zero-order chi connectivity index (χ0) is 15.7. The molecule has 3 rings (SSSR count). The SMILES string of the molecule is C[C@@H]1[C@H](C)CCC[C@@H]1N[C@@H](C)C(=O)c1c[nH]c2ccccc12. The summed E-state index contributed by atoms with van der Waals surface area (Å²) in [5.41, 5.74) is 1.82. The number of hydrogen-bond donors (Lipinski definition) is 2. The molecule has 1 aliphatic carbocycles. The van der Waals surface area contributed by atoms with E-state index in [0.29, 0.717) is 12.0 Å². The summed E-state index contributed by atoms with van der Waals surface area (Å²) in [4.78, 5) is 16.0. The minimum atomic E-state index is -0.142. The highest BCUT2D eigenvalue weighted by molar-refractivity contribution is 6.10. The largest absolute Gasteiger partial charge is 0.360 e. The first-order valence-corrected chi connectivity index (χ1v) is 8.44. The first-order valence-electron chi connectivity index (χ1n) is 8.44. The third-order valence-electron chi connectivity index (χ3n) is 5.42. The molecule has 1 heterocycles. The Hall–Kier alpha value is -1.61. The molecule has 3 heteroatoms. The Balaban J connectivity index is 1.74. The minimum absolute atomic E-state index is 0.142. The predicted octanol–water partition coefficient (Wildman–Crippen LogP) is 4.15. The molecule has 1 aromatic heterocycles. The number of benzene rings is 1. The molecule has 2 N–H and O–H groups in total. The van der Waals surface area contributed by atoms with Gasteiger partial charge in [-0.05, 0) is 31.2 Å². The van der Waals surface area contributed by atoms with Crippen LogP contribution in [0, 0.1) is 11.8 Å². The third kappa shape index (κ3) is 2.82. The number of carbonyl (C=O) groups is 1. The first kappa shape index (κ1) is 15.3. The van der Waals surface area contributed by atoms with Gasteiger partial charge in [0.25, 0.3) is 0 Å². The summed E-state index contributed by atoms with van der Waals surface area (Å²) in [5.74, 6) is 1.55. The highest BCUT2D eigenvalue weighted by Crippen LogP contribution is 2.30. The first-order chi connectivity index (χ1) is 10.6. The van der Waals surface area contributed by atoms with Crippen LogP contribution in [0.1, 0.15) is 50.4 Å². The van der Waals surface area contributed by atoms with Crippen LogP contribution in [0.15, 0.2) is 30.5 Å². The molecule has 118 valence electrons. The number of ketones is 1. The molecule has 0 saturated heterocycles. The van der Waals surface area contributed by atoms with Crippen molar-refractivity contribution in [1.29, 1.82) is 0 Å². The van der Waals surface area contributed by atoms with Gasteiger partial charge in [0, 0.05) is 28.7 Å². The number of aromatic nitrogens is 1. The van der Waals surface area contributed by atoms with Crippen LogP contribution in [0.25, 0.3) is 10.9 Å². The summed E-state index contributed by atoms with van der Waals surface area (Å²) < 4.78 is 0. The van der Waals surface area contributed by atoms with E-state index in [1.807, 2.05) is 37.4 Å². The Labute approximate surface area is 132 Å². The van der Waals surface area contributed by atoms with Crippen molar-refractivity contribution in [2.75, 3.05) is 0 Å². The van der Waals surface area contributed by atoms with E-state index in [0.717, 1.165) is 22.4 Å². The quantitative estimate of drug-likeness (QED) is 0.833. The van der Waals surface area contributed by atoms with Crippen molar-refractivity contribution in [2.45, 2.75) is 52.1 Å². The van der Waals surface area contributed by atoms with Crippen molar-refractivity contribution < 1.29 is 4.79 Å². The van der Waals surface area contributed by atoms with Gasteiger partial charge in [0.2, 0.25) is 0 Å². The number of aromatic amines is 1. The average molecular weight is 298 g/mol. The number of H-pyrrole nitrogens is 1. The Morgan fingerprint density at radius 3 is 2.86 bits per heavy atom. The summed E-state index contributed by atoms with van der Waals surface area (Å²) in [5, 5.41) is 4.61. The predicted molar refractivity (Wildman–Crippen MR) is 91.2 cm³/mol. The molecule has 3 nitrogen and oxygen atoms in total. The van der Waals surface area contributed by atoms with Crippen molar-refractivity contribution in [2.24, 2.45) is 11.8 Å². The van der Waals surface area contributed by atoms with Gasteiger partial charge in [-0.2, -0.15) is 0 Å². The van der Waals surface area contributed by atoms with E-state index in [9.17, 15) is 4.79 Å². The number of fused-ring (bicyclic) bond motifs is 1. The van der Waals surface area contributed by atoms with Gasteiger partial charge in [-0.1, -0.05) is 44.9 Å². The molecule has 22 heavy (non-hydrogen) atoms. The van der Waals surface area contributed by atoms with Crippen molar-refractivity contribution in [3.63, 3.8) is 0 Å². The molecule has 0 amide bonds. The number of nitrogens with one attached hydrogen (secondary N) is 2. The van der Waals surface area contributed by atoms with Gasteiger partial charge in [0.05, 0.1) is 6.04 Å². The van der Waals surface area contributed by atoms with E-state index < -0.39 is 0 Å². The summed E-state index contributed by atoms with van der Waals surface area (Å²) in [6.45, 7) is 6.63. The number of rotatable bonds is 4. The normalized spacial score (nSPS) is 27.0. The molecule has 1 saturated carbocycles. The molecule has 0 aliphatic heterocycles. The Morgan fingerprint density at radius 1 is 1.27 bits per heavy atom. The molecule has 0 unspecified atom stereocenters. The molecule has 1 aliphatic rings. The number of para-hydroxylation sites is 1. The maximum absolute atomic E-state index is 12.8. The van der Waals surface area contributed by atoms with Crippen LogP contribution in [-0.2, 0) is 0 Å².